The minimum atomic E-state index is -0.570. The Labute approximate surface area is 141 Å². The van der Waals surface area contributed by atoms with E-state index in [4.69, 9.17) is 0 Å². The number of urea groups is 1. The number of amides is 3. The van der Waals surface area contributed by atoms with Crippen LogP contribution in [0.5, 0.6) is 0 Å². The molecule has 3 amide bonds. The summed E-state index contributed by atoms with van der Waals surface area (Å²) in [5, 5.41) is 7.72. The molecular weight excluding hydrogens is 365 g/mol. The predicted octanol–water partition coefficient (Wildman–Crippen LogP) is 3.98. The molecule has 0 unspecified atom stereocenters. The fourth-order valence-corrected chi connectivity index (χ4v) is 2.32. The van der Waals surface area contributed by atoms with Crippen LogP contribution in [-0.2, 0) is 0 Å². The van der Waals surface area contributed by atoms with Gasteiger partial charge in [0.15, 0.2) is 0 Å². The molecule has 2 rings (SSSR count). The lowest BCUT2D eigenvalue weighted by Gasteiger charge is -2.12. The van der Waals surface area contributed by atoms with Crippen molar-refractivity contribution < 1.29 is 14.0 Å². The van der Waals surface area contributed by atoms with E-state index in [1.54, 1.807) is 25.1 Å². The van der Waals surface area contributed by atoms with Gasteiger partial charge in [0.05, 0.1) is 11.3 Å². The monoisotopic (exact) mass is 379 g/mol. The third-order valence-corrected chi connectivity index (χ3v) is 3.39. The molecule has 23 heavy (non-hydrogen) atoms. The summed E-state index contributed by atoms with van der Waals surface area (Å²) in [6.45, 7) is 2.20. The Balaban J connectivity index is 2.16. The van der Waals surface area contributed by atoms with Gasteiger partial charge in [-0.1, -0.05) is 22.0 Å². The molecule has 2 aromatic carbocycles. The summed E-state index contributed by atoms with van der Waals surface area (Å²) in [5.41, 5.74) is 0.855. The topological polar surface area (TPSA) is 70.2 Å². The van der Waals surface area contributed by atoms with Crippen LogP contribution in [-0.4, -0.2) is 18.5 Å². The molecular formula is C16H15BrFN3O2. The summed E-state index contributed by atoms with van der Waals surface area (Å²) in [7, 11) is 0. The van der Waals surface area contributed by atoms with Crippen LogP contribution in [0.25, 0.3) is 0 Å². The van der Waals surface area contributed by atoms with Crippen LogP contribution in [0.3, 0.4) is 0 Å². The number of hydrogen-bond donors (Lipinski definition) is 3. The number of benzene rings is 2. The lowest BCUT2D eigenvalue weighted by molar-refractivity contribution is 0.0956. The van der Waals surface area contributed by atoms with Crippen molar-refractivity contribution in [1.82, 2.24) is 5.32 Å². The molecule has 120 valence electrons. The molecule has 0 fully saturated rings. The Bertz CT molecular complexity index is 737. The van der Waals surface area contributed by atoms with E-state index < -0.39 is 11.8 Å². The zero-order valence-corrected chi connectivity index (χ0v) is 13.9. The average Bonchev–Trinajstić information content (AvgIpc) is 2.47. The van der Waals surface area contributed by atoms with Crippen LogP contribution in [0.15, 0.2) is 46.9 Å². The molecule has 0 radical (unpaired) electrons. The first kappa shape index (κ1) is 17.0. The van der Waals surface area contributed by atoms with E-state index in [2.05, 4.69) is 31.9 Å². The van der Waals surface area contributed by atoms with Gasteiger partial charge in [0.2, 0.25) is 0 Å². The van der Waals surface area contributed by atoms with Crippen LogP contribution < -0.4 is 16.0 Å². The van der Waals surface area contributed by atoms with E-state index in [0.29, 0.717) is 12.2 Å². The molecule has 0 saturated carbocycles. The van der Waals surface area contributed by atoms with Crippen molar-refractivity contribution in [2.45, 2.75) is 6.92 Å². The molecule has 5 nitrogen and oxygen atoms in total. The third kappa shape index (κ3) is 4.79. The van der Waals surface area contributed by atoms with Crippen LogP contribution in [0, 0.1) is 5.82 Å². The zero-order chi connectivity index (χ0) is 16.8. The normalized spacial score (nSPS) is 10.0. The number of anilines is 2. The van der Waals surface area contributed by atoms with Gasteiger partial charge in [0.1, 0.15) is 5.82 Å². The quantitative estimate of drug-likeness (QED) is 0.751. The number of rotatable bonds is 4. The van der Waals surface area contributed by atoms with Gasteiger partial charge in [-0.25, -0.2) is 9.18 Å². The molecule has 0 heterocycles. The van der Waals surface area contributed by atoms with Gasteiger partial charge in [-0.2, -0.15) is 0 Å². The van der Waals surface area contributed by atoms with Gasteiger partial charge in [-0.15, -0.1) is 0 Å². The fraction of sp³-hybridized carbons (Fsp3) is 0.125. The Morgan fingerprint density at radius 2 is 1.91 bits per heavy atom. The van der Waals surface area contributed by atoms with Crippen LogP contribution in [0.4, 0.5) is 20.6 Å². The first-order valence-electron chi connectivity index (χ1n) is 6.91. The highest BCUT2D eigenvalue weighted by Gasteiger charge is 2.14. The second-order valence-electron chi connectivity index (χ2n) is 4.64. The summed E-state index contributed by atoms with van der Waals surface area (Å²) >= 11 is 3.30. The van der Waals surface area contributed by atoms with E-state index in [1.165, 1.54) is 12.1 Å². The number of hydrogen-bond acceptors (Lipinski definition) is 2. The molecule has 2 aromatic rings. The smallest absolute Gasteiger partial charge is 0.323 e. The summed E-state index contributed by atoms with van der Waals surface area (Å²) in [5.74, 6) is -0.930. The van der Waals surface area contributed by atoms with Crippen molar-refractivity contribution in [3.05, 3.63) is 58.3 Å². The van der Waals surface area contributed by atoms with E-state index in [1.807, 2.05) is 6.07 Å². The highest BCUT2D eigenvalue weighted by molar-refractivity contribution is 9.10. The summed E-state index contributed by atoms with van der Waals surface area (Å²) in [6, 6.07) is 10.0. The predicted molar refractivity (Wildman–Crippen MR) is 91.2 cm³/mol. The molecule has 0 aromatic heterocycles. The maximum absolute atomic E-state index is 13.4. The molecule has 0 aliphatic heterocycles. The van der Waals surface area contributed by atoms with Crippen molar-refractivity contribution in [3.8, 4) is 0 Å². The summed E-state index contributed by atoms with van der Waals surface area (Å²) in [4.78, 5) is 24.0. The highest BCUT2D eigenvalue weighted by atomic mass is 79.9. The lowest BCUT2D eigenvalue weighted by Crippen LogP contribution is -2.26. The second kappa shape index (κ2) is 7.73. The van der Waals surface area contributed by atoms with Gasteiger partial charge in [0.25, 0.3) is 5.91 Å². The molecule has 7 heteroatoms. The van der Waals surface area contributed by atoms with Gasteiger partial charge in [-0.05, 0) is 43.3 Å². The number of carbonyl (C=O) groups excluding carboxylic acids is 2. The van der Waals surface area contributed by atoms with E-state index in [9.17, 15) is 14.0 Å². The van der Waals surface area contributed by atoms with Crippen LogP contribution in [0.1, 0.15) is 17.3 Å². The molecule has 0 aliphatic carbocycles. The maximum Gasteiger partial charge on any atom is 0.323 e. The molecule has 0 aliphatic rings. The number of halogens is 2. The molecule has 0 spiro atoms. The van der Waals surface area contributed by atoms with Crippen molar-refractivity contribution >= 4 is 39.2 Å². The van der Waals surface area contributed by atoms with E-state index in [0.717, 1.165) is 10.5 Å². The standard InChI is InChI=1S/C16H15BrFN3O2/c1-2-19-15(22)13-7-6-11(18)9-14(13)21-16(23)20-12-5-3-4-10(17)8-12/h3-9H,2H2,1H3,(H,19,22)(H2,20,21,23). The average molecular weight is 380 g/mol. The lowest BCUT2D eigenvalue weighted by atomic mass is 10.1. The first-order valence-corrected chi connectivity index (χ1v) is 7.70. The summed E-state index contributed by atoms with van der Waals surface area (Å²) in [6.07, 6.45) is 0. The van der Waals surface area contributed by atoms with Crippen molar-refractivity contribution in [1.29, 1.82) is 0 Å². The van der Waals surface area contributed by atoms with Gasteiger partial charge in [0, 0.05) is 16.7 Å². The largest absolute Gasteiger partial charge is 0.352 e. The van der Waals surface area contributed by atoms with Crippen molar-refractivity contribution in [2.75, 3.05) is 17.2 Å². The summed E-state index contributed by atoms with van der Waals surface area (Å²) < 4.78 is 14.2. The minimum Gasteiger partial charge on any atom is -0.352 e. The Morgan fingerprint density at radius 3 is 2.61 bits per heavy atom. The Kier molecular flexibility index (Phi) is 5.70. The van der Waals surface area contributed by atoms with E-state index >= 15 is 0 Å². The van der Waals surface area contributed by atoms with Gasteiger partial charge < -0.3 is 16.0 Å². The minimum absolute atomic E-state index is 0.100. The molecule has 0 saturated heterocycles. The fourth-order valence-electron chi connectivity index (χ4n) is 1.92. The van der Waals surface area contributed by atoms with E-state index in [-0.39, 0.29) is 17.2 Å². The maximum atomic E-state index is 13.4. The van der Waals surface area contributed by atoms with Gasteiger partial charge in [-0.3, -0.25) is 4.79 Å². The zero-order valence-electron chi connectivity index (χ0n) is 12.3. The molecule has 0 bridgehead atoms. The highest BCUT2D eigenvalue weighted by Crippen LogP contribution is 2.19. The number of nitrogens with one attached hydrogen (secondary N) is 3. The SMILES string of the molecule is CCNC(=O)c1ccc(F)cc1NC(=O)Nc1cccc(Br)c1. The van der Waals surface area contributed by atoms with Crippen LogP contribution in [0.2, 0.25) is 0 Å². The van der Waals surface area contributed by atoms with Gasteiger partial charge >= 0.3 is 6.03 Å². The first-order chi connectivity index (χ1) is 11.0. The second-order valence-corrected chi connectivity index (χ2v) is 5.55. The Hall–Kier alpha value is -2.41. The molecule has 3 N–H and O–H groups in total. The number of carbonyl (C=O) groups is 2. The Morgan fingerprint density at radius 1 is 1.13 bits per heavy atom. The third-order valence-electron chi connectivity index (χ3n) is 2.89. The van der Waals surface area contributed by atoms with Crippen molar-refractivity contribution in [2.24, 2.45) is 0 Å². The van der Waals surface area contributed by atoms with Crippen LogP contribution >= 0.6 is 15.9 Å². The van der Waals surface area contributed by atoms with Crippen molar-refractivity contribution in [3.63, 3.8) is 0 Å². The molecule has 0 atom stereocenters.